The van der Waals surface area contributed by atoms with Gasteiger partial charge in [-0.05, 0) is 17.9 Å². The molecule has 1 aromatic heterocycles. The van der Waals surface area contributed by atoms with Crippen LogP contribution in [0.1, 0.15) is 43.6 Å². The zero-order valence-electron chi connectivity index (χ0n) is 12.3. The molecule has 3 rings (SSSR count). The molecule has 0 aliphatic carbocycles. The molecule has 2 aromatic rings. The van der Waals surface area contributed by atoms with E-state index in [1.54, 1.807) is 0 Å². The van der Waals surface area contributed by atoms with E-state index in [1.807, 2.05) is 12.1 Å². The van der Waals surface area contributed by atoms with Crippen molar-refractivity contribution < 1.29 is 14.4 Å². The van der Waals surface area contributed by atoms with Gasteiger partial charge in [-0.25, -0.2) is 0 Å². The highest BCUT2D eigenvalue weighted by Crippen LogP contribution is 2.27. The van der Waals surface area contributed by atoms with Gasteiger partial charge < -0.3 is 14.4 Å². The molecule has 5 nitrogen and oxygen atoms in total. The zero-order chi connectivity index (χ0) is 14.8. The Morgan fingerprint density at radius 2 is 2.00 bits per heavy atom. The standard InChI is InChI=1S/C16H20N2O3/c1-10(2)11-3-5-12(6-4-11)15-17-16(21-18-15)13-9-20-8-7-14(13)19/h3-6,10,13-14,19H,7-9H2,1-2H3. The van der Waals surface area contributed by atoms with E-state index >= 15 is 0 Å². The molecule has 112 valence electrons. The molecule has 1 aliphatic rings. The molecule has 1 aromatic carbocycles. The Balaban J connectivity index is 1.81. The molecule has 1 N–H and O–H groups in total. The van der Waals surface area contributed by atoms with Crippen LogP contribution in [0.2, 0.25) is 0 Å². The van der Waals surface area contributed by atoms with Gasteiger partial charge in [0.25, 0.3) is 0 Å². The van der Waals surface area contributed by atoms with Crippen LogP contribution in [0.5, 0.6) is 0 Å². The second kappa shape index (κ2) is 5.95. The first kappa shape index (κ1) is 14.2. The third kappa shape index (κ3) is 2.99. The van der Waals surface area contributed by atoms with Crippen molar-refractivity contribution >= 4 is 0 Å². The lowest BCUT2D eigenvalue weighted by atomic mass is 9.99. The van der Waals surface area contributed by atoms with Crippen molar-refractivity contribution in [3.8, 4) is 11.4 Å². The quantitative estimate of drug-likeness (QED) is 0.940. The molecule has 0 saturated carbocycles. The van der Waals surface area contributed by atoms with Gasteiger partial charge in [-0.1, -0.05) is 43.3 Å². The van der Waals surface area contributed by atoms with Crippen LogP contribution < -0.4 is 0 Å². The fourth-order valence-electron chi connectivity index (χ4n) is 2.48. The Kier molecular flexibility index (Phi) is 4.03. The van der Waals surface area contributed by atoms with E-state index in [1.165, 1.54) is 5.56 Å². The lowest BCUT2D eigenvalue weighted by Crippen LogP contribution is -2.30. The lowest BCUT2D eigenvalue weighted by Gasteiger charge is -2.24. The Morgan fingerprint density at radius 1 is 1.24 bits per heavy atom. The van der Waals surface area contributed by atoms with Crippen LogP contribution in [0.25, 0.3) is 11.4 Å². The first-order valence-electron chi connectivity index (χ1n) is 7.35. The molecule has 0 bridgehead atoms. The van der Waals surface area contributed by atoms with Crippen molar-refractivity contribution in [3.63, 3.8) is 0 Å². The van der Waals surface area contributed by atoms with E-state index in [-0.39, 0.29) is 5.92 Å². The normalized spacial score (nSPS) is 22.7. The van der Waals surface area contributed by atoms with Crippen LogP contribution in [-0.2, 0) is 4.74 Å². The summed E-state index contributed by atoms with van der Waals surface area (Å²) in [5, 5.41) is 14.0. The molecule has 0 spiro atoms. The monoisotopic (exact) mass is 288 g/mol. The first-order chi connectivity index (χ1) is 10.1. The number of aliphatic hydroxyl groups excluding tert-OH is 1. The van der Waals surface area contributed by atoms with Gasteiger partial charge in [0.05, 0.1) is 18.6 Å². The molecule has 2 unspecified atom stereocenters. The van der Waals surface area contributed by atoms with Crippen LogP contribution in [0, 0.1) is 0 Å². The molecule has 21 heavy (non-hydrogen) atoms. The molecular formula is C16H20N2O3. The summed E-state index contributed by atoms with van der Waals surface area (Å²) < 4.78 is 10.7. The van der Waals surface area contributed by atoms with E-state index in [4.69, 9.17) is 9.26 Å². The van der Waals surface area contributed by atoms with Gasteiger partial charge in [0, 0.05) is 12.2 Å². The number of rotatable bonds is 3. The van der Waals surface area contributed by atoms with Crippen molar-refractivity contribution in [2.75, 3.05) is 13.2 Å². The average Bonchev–Trinajstić information content (AvgIpc) is 2.97. The van der Waals surface area contributed by atoms with Gasteiger partial charge in [-0.15, -0.1) is 0 Å². The van der Waals surface area contributed by atoms with E-state index in [0.717, 1.165) is 5.56 Å². The summed E-state index contributed by atoms with van der Waals surface area (Å²) in [4.78, 5) is 4.41. The highest BCUT2D eigenvalue weighted by Gasteiger charge is 2.30. The number of benzene rings is 1. The van der Waals surface area contributed by atoms with Gasteiger partial charge in [-0.3, -0.25) is 0 Å². The maximum absolute atomic E-state index is 9.99. The molecule has 5 heteroatoms. The number of hydrogen-bond acceptors (Lipinski definition) is 5. The zero-order valence-corrected chi connectivity index (χ0v) is 12.3. The highest BCUT2D eigenvalue weighted by molar-refractivity contribution is 5.54. The Morgan fingerprint density at radius 3 is 2.67 bits per heavy atom. The first-order valence-corrected chi connectivity index (χ1v) is 7.35. The highest BCUT2D eigenvalue weighted by atomic mass is 16.5. The topological polar surface area (TPSA) is 68.4 Å². The number of hydrogen-bond donors (Lipinski definition) is 1. The number of aliphatic hydroxyl groups is 1. The van der Waals surface area contributed by atoms with Crippen molar-refractivity contribution in [3.05, 3.63) is 35.7 Å². The van der Waals surface area contributed by atoms with Gasteiger partial charge in [0.1, 0.15) is 0 Å². The van der Waals surface area contributed by atoms with Gasteiger partial charge >= 0.3 is 0 Å². The largest absolute Gasteiger partial charge is 0.392 e. The minimum absolute atomic E-state index is 0.227. The van der Waals surface area contributed by atoms with Crippen LogP contribution in [0.15, 0.2) is 28.8 Å². The van der Waals surface area contributed by atoms with Crippen molar-refractivity contribution in [2.45, 2.75) is 38.2 Å². The number of ether oxygens (including phenoxy) is 1. The predicted molar refractivity (Wildman–Crippen MR) is 78.0 cm³/mol. The van der Waals surface area contributed by atoms with E-state index < -0.39 is 6.10 Å². The Bertz CT molecular complexity index is 592. The Labute approximate surface area is 123 Å². The lowest BCUT2D eigenvalue weighted by molar-refractivity contribution is -0.0149. The number of aromatic nitrogens is 2. The molecule has 2 heterocycles. The summed E-state index contributed by atoms with van der Waals surface area (Å²) in [7, 11) is 0. The molecule has 0 amide bonds. The maximum atomic E-state index is 9.99. The average molecular weight is 288 g/mol. The van der Waals surface area contributed by atoms with Crippen molar-refractivity contribution in [2.24, 2.45) is 0 Å². The molecule has 1 fully saturated rings. The summed E-state index contributed by atoms with van der Waals surface area (Å²) in [6, 6.07) is 8.15. The maximum Gasteiger partial charge on any atom is 0.235 e. The summed E-state index contributed by atoms with van der Waals surface area (Å²) in [6.45, 7) is 5.32. The summed E-state index contributed by atoms with van der Waals surface area (Å²) in [5.41, 5.74) is 2.19. The number of nitrogens with zero attached hydrogens (tertiary/aromatic N) is 2. The smallest absolute Gasteiger partial charge is 0.235 e. The predicted octanol–water partition coefficient (Wildman–Crippen LogP) is 2.72. The van der Waals surface area contributed by atoms with Crippen LogP contribution in [0.3, 0.4) is 0 Å². The summed E-state index contributed by atoms with van der Waals surface area (Å²) in [5.74, 6) is 1.27. The van der Waals surface area contributed by atoms with Crippen molar-refractivity contribution in [1.29, 1.82) is 0 Å². The minimum Gasteiger partial charge on any atom is -0.392 e. The SMILES string of the molecule is CC(C)c1ccc(-c2noc(C3COCCC3O)n2)cc1. The van der Waals surface area contributed by atoms with Crippen LogP contribution in [0.4, 0.5) is 0 Å². The fourth-order valence-corrected chi connectivity index (χ4v) is 2.48. The second-order valence-electron chi connectivity index (χ2n) is 5.77. The van der Waals surface area contributed by atoms with E-state index in [2.05, 4.69) is 36.1 Å². The van der Waals surface area contributed by atoms with Gasteiger partial charge in [0.2, 0.25) is 11.7 Å². The van der Waals surface area contributed by atoms with Crippen molar-refractivity contribution in [1.82, 2.24) is 10.1 Å². The molecule has 1 aliphatic heterocycles. The summed E-state index contributed by atoms with van der Waals surface area (Å²) in [6.07, 6.45) is 0.126. The molecule has 0 radical (unpaired) electrons. The molecular weight excluding hydrogens is 268 g/mol. The Hall–Kier alpha value is -1.72. The van der Waals surface area contributed by atoms with E-state index in [0.29, 0.717) is 37.3 Å². The van der Waals surface area contributed by atoms with Crippen LogP contribution in [-0.4, -0.2) is 34.6 Å². The van der Waals surface area contributed by atoms with Crippen LogP contribution >= 0.6 is 0 Å². The molecule has 1 saturated heterocycles. The summed E-state index contributed by atoms with van der Waals surface area (Å²) >= 11 is 0. The minimum atomic E-state index is -0.477. The van der Waals surface area contributed by atoms with Gasteiger partial charge in [0.15, 0.2) is 0 Å². The molecule has 2 atom stereocenters. The second-order valence-corrected chi connectivity index (χ2v) is 5.77. The fraction of sp³-hybridized carbons (Fsp3) is 0.500. The third-order valence-corrected chi connectivity index (χ3v) is 3.91. The van der Waals surface area contributed by atoms with Gasteiger partial charge in [-0.2, -0.15) is 4.98 Å². The third-order valence-electron chi connectivity index (χ3n) is 3.91. The van der Waals surface area contributed by atoms with E-state index in [9.17, 15) is 5.11 Å².